The number of aryl methyl sites for hydroxylation is 1. The van der Waals surface area contributed by atoms with Crippen LogP contribution in [-0.4, -0.2) is 19.6 Å². The molecule has 0 bridgehead atoms. The van der Waals surface area contributed by atoms with Crippen LogP contribution >= 0.6 is 11.6 Å². The molecular formula is C10H12ClNO2. The van der Waals surface area contributed by atoms with Gasteiger partial charge in [-0.15, -0.1) is 0 Å². The van der Waals surface area contributed by atoms with Gasteiger partial charge in [-0.2, -0.15) is 0 Å². The summed E-state index contributed by atoms with van der Waals surface area (Å²) in [5, 5.41) is 2.99. The van der Waals surface area contributed by atoms with Gasteiger partial charge in [0.05, 0.1) is 5.02 Å². The van der Waals surface area contributed by atoms with Crippen molar-refractivity contribution >= 4 is 17.5 Å². The SMILES string of the molecule is CNC(=O)COc1c(C)cccc1Cl. The van der Waals surface area contributed by atoms with Crippen molar-refractivity contribution in [2.75, 3.05) is 13.7 Å². The Morgan fingerprint density at radius 3 is 2.86 bits per heavy atom. The summed E-state index contributed by atoms with van der Waals surface area (Å²) in [5.74, 6) is 0.391. The van der Waals surface area contributed by atoms with Crippen molar-refractivity contribution in [3.63, 3.8) is 0 Å². The summed E-state index contributed by atoms with van der Waals surface area (Å²) in [6, 6.07) is 5.45. The molecule has 1 rings (SSSR count). The zero-order chi connectivity index (χ0) is 10.6. The summed E-state index contributed by atoms with van der Waals surface area (Å²) >= 11 is 5.90. The Bertz CT molecular complexity index is 319. The third kappa shape index (κ3) is 2.64. The lowest BCUT2D eigenvalue weighted by Crippen LogP contribution is -2.25. The van der Waals surface area contributed by atoms with Gasteiger partial charge < -0.3 is 10.1 Å². The summed E-state index contributed by atoms with van der Waals surface area (Å²) in [4.78, 5) is 10.9. The zero-order valence-electron chi connectivity index (χ0n) is 8.13. The molecule has 3 nitrogen and oxygen atoms in total. The summed E-state index contributed by atoms with van der Waals surface area (Å²) in [6.07, 6.45) is 0. The number of halogens is 1. The highest BCUT2D eigenvalue weighted by atomic mass is 35.5. The molecule has 0 aliphatic carbocycles. The molecule has 0 spiro atoms. The quantitative estimate of drug-likeness (QED) is 0.831. The van der Waals surface area contributed by atoms with Crippen molar-refractivity contribution < 1.29 is 9.53 Å². The molecule has 1 aromatic carbocycles. The van der Waals surface area contributed by atoms with E-state index < -0.39 is 0 Å². The Kier molecular flexibility index (Phi) is 3.77. The lowest BCUT2D eigenvalue weighted by molar-refractivity contribution is -0.122. The Morgan fingerprint density at radius 2 is 2.29 bits per heavy atom. The average Bonchev–Trinajstić information content (AvgIpc) is 2.16. The van der Waals surface area contributed by atoms with E-state index in [1.54, 1.807) is 13.1 Å². The standard InChI is InChI=1S/C10H12ClNO2/c1-7-4-3-5-8(11)10(7)14-6-9(13)12-2/h3-5H,6H2,1-2H3,(H,12,13). The smallest absolute Gasteiger partial charge is 0.257 e. The van der Waals surface area contributed by atoms with Gasteiger partial charge in [0.1, 0.15) is 5.75 Å². The lowest BCUT2D eigenvalue weighted by Gasteiger charge is -2.09. The van der Waals surface area contributed by atoms with Gasteiger partial charge in [-0.1, -0.05) is 23.7 Å². The number of benzene rings is 1. The van der Waals surface area contributed by atoms with Crippen LogP contribution in [0.2, 0.25) is 5.02 Å². The highest BCUT2D eigenvalue weighted by Crippen LogP contribution is 2.27. The van der Waals surface area contributed by atoms with Gasteiger partial charge in [0.25, 0.3) is 5.91 Å². The normalized spacial score (nSPS) is 9.64. The molecule has 1 aromatic rings. The number of likely N-dealkylation sites (N-methyl/N-ethyl adjacent to an activating group) is 1. The monoisotopic (exact) mass is 213 g/mol. The highest BCUT2D eigenvalue weighted by molar-refractivity contribution is 6.32. The molecular weight excluding hydrogens is 202 g/mol. The number of hydrogen-bond donors (Lipinski definition) is 1. The van der Waals surface area contributed by atoms with E-state index in [0.29, 0.717) is 10.8 Å². The maximum absolute atomic E-state index is 10.9. The Morgan fingerprint density at radius 1 is 1.57 bits per heavy atom. The van der Waals surface area contributed by atoms with Gasteiger partial charge in [0.15, 0.2) is 6.61 Å². The van der Waals surface area contributed by atoms with Gasteiger partial charge in [0.2, 0.25) is 0 Å². The van der Waals surface area contributed by atoms with E-state index in [-0.39, 0.29) is 12.5 Å². The van der Waals surface area contributed by atoms with E-state index in [4.69, 9.17) is 16.3 Å². The Labute approximate surface area is 88.0 Å². The third-order valence-corrected chi connectivity index (χ3v) is 2.09. The van der Waals surface area contributed by atoms with Crippen LogP contribution < -0.4 is 10.1 Å². The minimum atomic E-state index is -0.177. The number of hydrogen-bond acceptors (Lipinski definition) is 2. The first-order chi connectivity index (χ1) is 6.65. The van der Waals surface area contributed by atoms with Crippen LogP contribution in [-0.2, 0) is 4.79 Å². The average molecular weight is 214 g/mol. The zero-order valence-corrected chi connectivity index (χ0v) is 8.89. The second-order valence-corrected chi connectivity index (χ2v) is 3.25. The van der Waals surface area contributed by atoms with E-state index in [9.17, 15) is 4.79 Å². The number of carbonyl (C=O) groups excluding carboxylic acids is 1. The molecule has 1 amide bonds. The molecule has 0 saturated carbocycles. The summed E-state index contributed by atoms with van der Waals surface area (Å²) in [7, 11) is 1.56. The van der Waals surface area contributed by atoms with Crippen LogP contribution in [0, 0.1) is 6.92 Å². The number of rotatable bonds is 3. The molecule has 0 aromatic heterocycles. The number of ether oxygens (including phenoxy) is 1. The van der Waals surface area contributed by atoms with E-state index in [0.717, 1.165) is 5.56 Å². The predicted molar refractivity (Wildman–Crippen MR) is 55.8 cm³/mol. The van der Waals surface area contributed by atoms with Crippen molar-refractivity contribution in [2.45, 2.75) is 6.92 Å². The van der Waals surface area contributed by atoms with Crippen molar-refractivity contribution in [1.82, 2.24) is 5.32 Å². The number of carbonyl (C=O) groups is 1. The van der Waals surface area contributed by atoms with Crippen LogP contribution in [0.5, 0.6) is 5.75 Å². The molecule has 0 atom stereocenters. The highest BCUT2D eigenvalue weighted by Gasteiger charge is 2.06. The Balaban J connectivity index is 2.71. The minimum Gasteiger partial charge on any atom is -0.482 e. The van der Waals surface area contributed by atoms with Crippen LogP contribution in [0.1, 0.15) is 5.56 Å². The maximum atomic E-state index is 10.9. The molecule has 0 saturated heterocycles. The van der Waals surface area contributed by atoms with Gasteiger partial charge >= 0.3 is 0 Å². The topological polar surface area (TPSA) is 38.3 Å². The first-order valence-corrected chi connectivity index (χ1v) is 4.61. The first-order valence-electron chi connectivity index (χ1n) is 4.23. The lowest BCUT2D eigenvalue weighted by atomic mass is 10.2. The molecule has 0 unspecified atom stereocenters. The summed E-state index contributed by atoms with van der Waals surface area (Å²) in [6.45, 7) is 1.87. The predicted octanol–water partition coefficient (Wildman–Crippen LogP) is 1.77. The summed E-state index contributed by atoms with van der Waals surface area (Å²) < 4.78 is 5.28. The molecule has 14 heavy (non-hydrogen) atoms. The van der Waals surface area contributed by atoms with Gasteiger partial charge in [-0.05, 0) is 18.6 Å². The molecule has 76 valence electrons. The van der Waals surface area contributed by atoms with Crippen molar-refractivity contribution in [1.29, 1.82) is 0 Å². The fourth-order valence-electron chi connectivity index (χ4n) is 1.01. The van der Waals surface area contributed by atoms with Crippen molar-refractivity contribution in [3.8, 4) is 5.75 Å². The maximum Gasteiger partial charge on any atom is 0.257 e. The van der Waals surface area contributed by atoms with Crippen molar-refractivity contribution in [2.24, 2.45) is 0 Å². The molecule has 0 aliphatic heterocycles. The van der Waals surface area contributed by atoms with Gasteiger partial charge in [-0.25, -0.2) is 0 Å². The molecule has 1 N–H and O–H groups in total. The fourth-order valence-corrected chi connectivity index (χ4v) is 1.29. The van der Waals surface area contributed by atoms with Crippen LogP contribution in [0.25, 0.3) is 0 Å². The van der Waals surface area contributed by atoms with E-state index in [1.165, 1.54) is 0 Å². The first kappa shape index (κ1) is 10.9. The number of amides is 1. The second kappa shape index (κ2) is 4.86. The second-order valence-electron chi connectivity index (χ2n) is 2.85. The van der Waals surface area contributed by atoms with Crippen LogP contribution in [0.3, 0.4) is 0 Å². The largest absolute Gasteiger partial charge is 0.482 e. The van der Waals surface area contributed by atoms with Gasteiger partial charge in [0, 0.05) is 7.05 Å². The minimum absolute atomic E-state index is 0.0128. The molecule has 4 heteroatoms. The summed E-state index contributed by atoms with van der Waals surface area (Å²) in [5.41, 5.74) is 0.918. The number of nitrogens with one attached hydrogen (secondary N) is 1. The number of para-hydroxylation sites is 1. The molecule has 0 fully saturated rings. The van der Waals surface area contributed by atoms with Gasteiger partial charge in [-0.3, -0.25) is 4.79 Å². The van der Waals surface area contributed by atoms with Crippen molar-refractivity contribution in [3.05, 3.63) is 28.8 Å². The third-order valence-electron chi connectivity index (χ3n) is 1.79. The van der Waals surface area contributed by atoms with E-state index >= 15 is 0 Å². The fraction of sp³-hybridized carbons (Fsp3) is 0.300. The Hall–Kier alpha value is -1.22. The molecule has 0 radical (unpaired) electrons. The molecule has 0 aliphatic rings. The van der Waals surface area contributed by atoms with Crippen LogP contribution in [0.15, 0.2) is 18.2 Å². The van der Waals surface area contributed by atoms with Crippen LogP contribution in [0.4, 0.5) is 0 Å². The van der Waals surface area contributed by atoms with E-state index in [2.05, 4.69) is 5.32 Å². The van der Waals surface area contributed by atoms with E-state index in [1.807, 2.05) is 19.1 Å². The molecule has 0 heterocycles.